The highest BCUT2D eigenvalue weighted by Crippen LogP contribution is 2.42. The Kier molecular flexibility index (Phi) is 9.81. The van der Waals surface area contributed by atoms with Crippen LogP contribution in [0.5, 0.6) is 0 Å². The zero-order valence-corrected chi connectivity index (χ0v) is 13.6. The lowest BCUT2D eigenvalue weighted by Gasteiger charge is -2.38. The van der Waals surface area contributed by atoms with Gasteiger partial charge in [0.2, 0.25) is 0 Å². The minimum Gasteiger partial charge on any atom is -0.328 e. The summed E-state index contributed by atoms with van der Waals surface area (Å²) in [6.45, 7) is 11.6. The molecule has 1 nitrogen and oxygen atoms in total. The van der Waals surface area contributed by atoms with Gasteiger partial charge >= 0.3 is 0 Å². The van der Waals surface area contributed by atoms with Crippen LogP contribution in [0.15, 0.2) is 0 Å². The molecule has 3 atom stereocenters. The summed E-state index contributed by atoms with van der Waals surface area (Å²) >= 11 is 0. The molecule has 0 radical (unpaired) electrons. The molecule has 2 unspecified atom stereocenters. The van der Waals surface area contributed by atoms with Crippen LogP contribution in [0, 0.1) is 11.3 Å². The van der Waals surface area contributed by atoms with Crippen LogP contribution in [0.4, 0.5) is 0 Å². The Balaban J connectivity index is 4.56. The van der Waals surface area contributed by atoms with Crippen LogP contribution in [0.2, 0.25) is 0 Å². The topological polar surface area (TPSA) is 26.0 Å². The number of nitrogens with two attached hydrogens (primary N) is 1. The van der Waals surface area contributed by atoms with Crippen LogP contribution in [0.3, 0.4) is 0 Å². The van der Waals surface area contributed by atoms with Gasteiger partial charge in [-0.3, -0.25) is 0 Å². The molecule has 0 fully saturated rings. The van der Waals surface area contributed by atoms with Gasteiger partial charge in [0.25, 0.3) is 0 Å². The lowest BCUT2D eigenvalue weighted by molar-refractivity contribution is 0.126. The average Bonchev–Trinajstić information content (AvgIpc) is 2.35. The van der Waals surface area contributed by atoms with Gasteiger partial charge in [0.05, 0.1) is 0 Å². The molecular weight excluding hydrogens is 218 g/mol. The first kappa shape index (κ1) is 18.0. The zero-order chi connectivity index (χ0) is 14.0. The van der Waals surface area contributed by atoms with E-state index in [1.165, 1.54) is 57.8 Å². The van der Waals surface area contributed by atoms with Gasteiger partial charge in [-0.15, -0.1) is 0 Å². The molecular formula is C17H37N. The van der Waals surface area contributed by atoms with E-state index in [0.717, 1.165) is 5.92 Å². The van der Waals surface area contributed by atoms with Crippen molar-refractivity contribution in [3.63, 3.8) is 0 Å². The van der Waals surface area contributed by atoms with Gasteiger partial charge in [-0.1, -0.05) is 59.8 Å². The van der Waals surface area contributed by atoms with Gasteiger partial charge < -0.3 is 5.73 Å². The maximum Gasteiger partial charge on any atom is 0.00106 e. The molecule has 110 valence electrons. The Morgan fingerprint density at radius 1 is 0.944 bits per heavy atom. The zero-order valence-electron chi connectivity index (χ0n) is 13.6. The molecule has 18 heavy (non-hydrogen) atoms. The summed E-state index contributed by atoms with van der Waals surface area (Å²) in [5, 5.41) is 0. The Bertz CT molecular complexity index is 188. The van der Waals surface area contributed by atoms with E-state index in [9.17, 15) is 0 Å². The second-order valence-electron chi connectivity index (χ2n) is 6.52. The van der Waals surface area contributed by atoms with Crippen molar-refractivity contribution in [3.8, 4) is 0 Å². The summed E-state index contributed by atoms with van der Waals surface area (Å²) < 4.78 is 0. The third kappa shape index (κ3) is 6.78. The first-order chi connectivity index (χ1) is 8.50. The smallest absolute Gasteiger partial charge is 0.00106 e. The summed E-state index contributed by atoms with van der Waals surface area (Å²) in [4.78, 5) is 0. The quantitative estimate of drug-likeness (QED) is 0.516. The van der Waals surface area contributed by atoms with E-state index in [1.54, 1.807) is 0 Å². The summed E-state index contributed by atoms with van der Waals surface area (Å²) in [7, 11) is 0. The molecule has 0 saturated carbocycles. The number of rotatable bonds is 11. The van der Waals surface area contributed by atoms with Gasteiger partial charge in [-0.25, -0.2) is 0 Å². The molecule has 0 aliphatic rings. The summed E-state index contributed by atoms with van der Waals surface area (Å²) in [5.74, 6) is 0.891. The van der Waals surface area contributed by atoms with E-state index < -0.39 is 0 Å². The minimum absolute atomic E-state index is 0.356. The summed E-state index contributed by atoms with van der Waals surface area (Å²) in [6, 6.07) is 0.356. The van der Waals surface area contributed by atoms with E-state index >= 15 is 0 Å². The summed E-state index contributed by atoms with van der Waals surface area (Å²) in [6.07, 6.45) is 12.0. The molecule has 0 aliphatic carbocycles. The highest BCUT2D eigenvalue weighted by atomic mass is 14.6. The van der Waals surface area contributed by atoms with Crippen LogP contribution in [0.25, 0.3) is 0 Å². The molecule has 0 heterocycles. The Morgan fingerprint density at radius 2 is 1.56 bits per heavy atom. The summed E-state index contributed by atoms with van der Waals surface area (Å²) in [5.41, 5.74) is 6.49. The van der Waals surface area contributed by atoms with E-state index in [1.807, 2.05) is 0 Å². The molecule has 0 aromatic rings. The van der Waals surface area contributed by atoms with Gasteiger partial charge in [-0.05, 0) is 43.9 Å². The number of hydrogen-bond donors (Lipinski definition) is 1. The van der Waals surface area contributed by atoms with Crippen LogP contribution in [-0.4, -0.2) is 6.04 Å². The van der Waals surface area contributed by atoms with E-state index in [2.05, 4.69) is 34.6 Å². The second-order valence-corrected chi connectivity index (χ2v) is 6.52. The molecule has 1 heteroatoms. The fourth-order valence-corrected chi connectivity index (χ4v) is 3.17. The van der Waals surface area contributed by atoms with Crippen molar-refractivity contribution in [1.82, 2.24) is 0 Å². The van der Waals surface area contributed by atoms with Crippen molar-refractivity contribution in [2.75, 3.05) is 0 Å². The monoisotopic (exact) mass is 255 g/mol. The Hall–Kier alpha value is -0.0400. The maximum atomic E-state index is 5.97. The van der Waals surface area contributed by atoms with E-state index in [4.69, 9.17) is 5.73 Å². The van der Waals surface area contributed by atoms with Gasteiger partial charge in [0, 0.05) is 6.04 Å². The van der Waals surface area contributed by atoms with Gasteiger partial charge in [0.15, 0.2) is 0 Å². The second kappa shape index (κ2) is 9.83. The number of unbranched alkanes of at least 4 members (excludes halogenated alkanes) is 2. The third-order valence-electron chi connectivity index (χ3n) is 4.66. The highest BCUT2D eigenvalue weighted by molar-refractivity contribution is 4.83. The standard InChI is InChI=1S/C17H37N/c1-6-9-11-16(8-3)17(5,13-10-7-2)14-12-15(4)18/h15-16H,6-14,18H2,1-5H3/t15?,16?,17-/m1/s1. The van der Waals surface area contributed by atoms with Crippen molar-refractivity contribution >= 4 is 0 Å². The molecule has 0 bridgehead atoms. The largest absolute Gasteiger partial charge is 0.328 e. The van der Waals surface area contributed by atoms with Crippen LogP contribution in [-0.2, 0) is 0 Å². The van der Waals surface area contributed by atoms with Crippen LogP contribution in [0.1, 0.15) is 92.4 Å². The van der Waals surface area contributed by atoms with Crippen molar-refractivity contribution in [3.05, 3.63) is 0 Å². The molecule has 2 N–H and O–H groups in total. The van der Waals surface area contributed by atoms with Crippen molar-refractivity contribution < 1.29 is 0 Å². The van der Waals surface area contributed by atoms with Crippen molar-refractivity contribution in [2.45, 2.75) is 98.4 Å². The minimum atomic E-state index is 0.356. The van der Waals surface area contributed by atoms with E-state index in [-0.39, 0.29) is 0 Å². The molecule has 0 rings (SSSR count). The molecule has 0 aromatic carbocycles. The highest BCUT2D eigenvalue weighted by Gasteiger charge is 2.31. The number of hydrogen-bond acceptors (Lipinski definition) is 1. The Morgan fingerprint density at radius 3 is 2.00 bits per heavy atom. The fourth-order valence-electron chi connectivity index (χ4n) is 3.17. The lowest BCUT2D eigenvalue weighted by Crippen LogP contribution is -2.30. The predicted octanol–water partition coefficient (Wildman–Crippen LogP) is 5.53. The SMILES string of the molecule is CCCCC(CC)[C@](C)(CCCC)CCC(C)N. The van der Waals surface area contributed by atoms with Crippen molar-refractivity contribution in [2.24, 2.45) is 17.1 Å². The molecule has 0 amide bonds. The first-order valence-electron chi connectivity index (χ1n) is 8.25. The first-order valence-corrected chi connectivity index (χ1v) is 8.25. The maximum absolute atomic E-state index is 5.97. The molecule has 0 spiro atoms. The molecule has 0 aliphatic heterocycles. The molecule has 0 saturated heterocycles. The predicted molar refractivity (Wildman–Crippen MR) is 83.8 cm³/mol. The average molecular weight is 255 g/mol. The third-order valence-corrected chi connectivity index (χ3v) is 4.66. The molecule has 0 aromatic heterocycles. The Labute approximate surface area is 116 Å². The van der Waals surface area contributed by atoms with Gasteiger partial charge in [-0.2, -0.15) is 0 Å². The normalized spacial score (nSPS) is 18.3. The van der Waals surface area contributed by atoms with Crippen LogP contribution >= 0.6 is 0 Å². The van der Waals surface area contributed by atoms with Gasteiger partial charge in [0.1, 0.15) is 0 Å². The fraction of sp³-hybridized carbons (Fsp3) is 1.00. The van der Waals surface area contributed by atoms with Crippen molar-refractivity contribution in [1.29, 1.82) is 0 Å². The van der Waals surface area contributed by atoms with Crippen LogP contribution < -0.4 is 5.73 Å². The lowest BCUT2D eigenvalue weighted by atomic mass is 9.67. The van der Waals surface area contributed by atoms with E-state index in [0.29, 0.717) is 11.5 Å².